The van der Waals surface area contributed by atoms with Crippen molar-refractivity contribution in [3.05, 3.63) is 59.7 Å². The average molecular weight is 353 g/mol. The summed E-state index contributed by atoms with van der Waals surface area (Å²) < 4.78 is 15.7. The number of ketones is 1. The van der Waals surface area contributed by atoms with E-state index in [0.717, 1.165) is 5.56 Å². The topological polar surface area (TPSA) is 73.9 Å². The fraction of sp³-hybridized carbons (Fsp3) is 0.200. The number of nitrogens with one attached hydrogen (secondary N) is 1. The maximum Gasteiger partial charge on any atom is 0.262 e. The third kappa shape index (κ3) is 4.49. The first-order valence-electron chi connectivity index (χ1n) is 8.16. The van der Waals surface area contributed by atoms with E-state index in [2.05, 4.69) is 5.32 Å². The number of carbonyl (C=O) groups is 2. The van der Waals surface area contributed by atoms with E-state index < -0.39 is 0 Å². The number of fused-ring (bicyclic) bond motifs is 1. The molecule has 1 aliphatic heterocycles. The van der Waals surface area contributed by atoms with Crippen LogP contribution in [0.1, 0.15) is 15.9 Å². The highest BCUT2D eigenvalue weighted by molar-refractivity contribution is 6.07. The minimum Gasteiger partial charge on any atom is -0.491 e. The van der Waals surface area contributed by atoms with Crippen LogP contribution in [0, 0.1) is 0 Å². The van der Waals surface area contributed by atoms with Crippen LogP contribution < -0.4 is 14.8 Å². The SMILES string of the molecule is COCCOc1ccc(C(=O)C=Cc2ccc3c(c2)NC(=O)CO3)cc1. The third-order valence-electron chi connectivity index (χ3n) is 3.76. The summed E-state index contributed by atoms with van der Waals surface area (Å²) >= 11 is 0. The number of anilines is 1. The number of methoxy groups -OCH3 is 1. The summed E-state index contributed by atoms with van der Waals surface area (Å²) in [6.45, 7) is 0.990. The molecule has 0 saturated heterocycles. The van der Waals surface area contributed by atoms with Crippen LogP contribution in [0.15, 0.2) is 48.5 Å². The van der Waals surface area contributed by atoms with Crippen LogP contribution in [0.4, 0.5) is 5.69 Å². The second kappa shape index (κ2) is 8.31. The number of amides is 1. The molecular formula is C20H19NO5. The zero-order valence-electron chi connectivity index (χ0n) is 14.4. The summed E-state index contributed by atoms with van der Waals surface area (Å²) in [6, 6.07) is 12.3. The standard InChI is InChI=1S/C20H19NO5/c1-24-10-11-25-16-6-4-15(5-7-16)18(22)8-2-14-3-9-19-17(12-14)21-20(23)13-26-19/h2-9,12H,10-11,13H2,1H3,(H,21,23). The predicted molar refractivity (Wildman–Crippen MR) is 97.7 cm³/mol. The Kier molecular flexibility index (Phi) is 5.66. The van der Waals surface area contributed by atoms with Gasteiger partial charge in [0, 0.05) is 12.7 Å². The van der Waals surface area contributed by atoms with Crippen molar-refractivity contribution in [2.24, 2.45) is 0 Å². The number of rotatable bonds is 7. The number of ether oxygens (including phenoxy) is 3. The fourth-order valence-corrected chi connectivity index (χ4v) is 2.43. The lowest BCUT2D eigenvalue weighted by Gasteiger charge is -2.17. The second-order valence-electron chi connectivity index (χ2n) is 5.66. The Balaban J connectivity index is 1.64. The molecule has 0 spiro atoms. The zero-order chi connectivity index (χ0) is 18.4. The molecule has 0 radical (unpaired) electrons. The van der Waals surface area contributed by atoms with Gasteiger partial charge in [0.05, 0.1) is 12.3 Å². The van der Waals surface area contributed by atoms with E-state index in [-0.39, 0.29) is 18.3 Å². The van der Waals surface area contributed by atoms with E-state index in [1.54, 1.807) is 49.6 Å². The lowest BCUT2D eigenvalue weighted by molar-refractivity contribution is -0.118. The normalized spacial score (nSPS) is 13.0. The molecule has 6 nitrogen and oxygen atoms in total. The number of allylic oxidation sites excluding steroid dienone is 1. The molecule has 6 heteroatoms. The molecule has 0 bridgehead atoms. The zero-order valence-corrected chi connectivity index (χ0v) is 14.4. The summed E-state index contributed by atoms with van der Waals surface area (Å²) in [5.41, 5.74) is 1.96. The Hall–Kier alpha value is -3.12. The predicted octanol–water partition coefficient (Wildman–Crippen LogP) is 2.94. The molecule has 0 atom stereocenters. The highest BCUT2D eigenvalue weighted by Gasteiger charge is 2.15. The van der Waals surface area contributed by atoms with Crippen molar-refractivity contribution < 1.29 is 23.8 Å². The molecule has 134 valence electrons. The summed E-state index contributed by atoms with van der Waals surface area (Å²) in [5, 5.41) is 2.74. The van der Waals surface area contributed by atoms with Gasteiger partial charge in [0.25, 0.3) is 5.91 Å². The monoisotopic (exact) mass is 353 g/mol. The maximum absolute atomic E-state index is 12.3. The number of hydrogen-bond donors (Lipinski definition) is 1. The van der Waals surface area contributed by atoms with E-state index in [1.165, 1.54) is 6.08 Å². The molecule has 2 aromatic carbocycles. The molecule has 1 heterocycles. The van der Waals surface area contributed by atoms with Crippen molar-refractivity contribution >= 4 is 23.5 Å². The molecule has 0 aromatic heterocycles. The quantitative estimate of drug-likeness (QED) is 0.471. The molecule has 26 heavy (non-hydrogen) atoms. The van der Waals surface area contributed by atoms with E-state index in [0.29, 0.717) is 36.0 Å². The molecule has 3 rings (SSSR count). The minimum absolute atomic E-state index is 0.0197. The van der Waals surface area contributed by atoms with Crippen LogP contribution >= 0.6 is 0 Å². The van der Waals surface area contributed by atoms with Crippen molar-refractivity contribution in [2.45, 2.75) is 0 Å². The molecule has 1 amide bonds. The Bertz CT molecular complexity index is 827. The van der Waals surface area contributed by atoms with Gasteiger partial charge in [-0.2, -0.15) is 0 Å². The number of hydrogen-bond acceptors (Lipinski definition) is 5. The average Bonchev–Trinajstić information content (AvgIpc) is 2.66. The smallest absolute Gasteiger partial charge is 0.262 e. The van der Waals surface area contributed by atoms with Gasteiger partial charge >= 0.3 is 0 Å². The highest BCUT2D eigenvalue weighted by Crippen LogP contribution is 2.28. The van der Waals surface area contributed by atoms with Gasteiger partial charge in [0.2, 0.25) is 0 Å². The number of carbonyl (C=O) groups excluding carboxylic acids is 2. The molecule has 0 aliphatic carbocycles. The maximum atomic E-state index is 12.3. The van der Waals surface area contributed by atoms with Crippen LogP contribution in [-0.2, 0) is 9.53 Å². The van der Waals surface area contributed by atoms with Crippen LogP contribution in [0.2, 0.25) is 0 Å². The lowest BCUT2D eigenvalue weighted by atomic mass is 10.1. The van der Waals surface area contributed by atoms with Gasteiger partial charge in [-0.15, -0.1) is 0 Å². The summed E-state index contributed by atoms with van der Waals surface area (Å²) in [7, 11) is 1.61. The van der Waals surface area contributed by atoms with Crippen molar-refractivity contribution in [1.82, 2.24) is 0 Å². The van der Waals surface area contributed by atoms with Gasteiger partial charge in [-0.3, -0.25) is 9.59 Å². The molecule has 1 N–H and O–H groups in total. The van der Waals surface area contributed by atoms with Gasteiger partial charge < -0.3 is 19.5 Å². The van der Waals surface area contributed by atoms with Crippen LogP contribution in [-0.4, -0.2) is 38.6 Å². The Morgan fingerprint density at radius 1 is 1.19 bits per heavy atom. The van der Waals surface area contributed by atoms with Crippen LogP contribution in [0.25, 0.3) is 6.08 Å². The van der Waals surface area contributed by atoms with E-state index >= 15 is 0 Å². The Morgan fingerprint density at radius 2 is 2.00 bits per heavy atom. The molecule has 0 unspecified atom stereocenters. The summed E-state index contributed by atoms with van der Waals surface area (Å²) in [4.78, 5) is 23.7. The highest BCUT2D eigenvalue weighted by atomic mass is 16.5. The first-order chi connectivity index (χ1) is 12.7. The van der Waals surface area contributed by atoms with Gasteiger partial charge in [-0.25, -0.2) is 0 Å². The third-order valence-corrected chi connectivity index (χ3v) is 3.76. The molecule has 0 fully saturated rings. The van der Waals surface area contributed by atoms with E-state index in [4.69, 9.17) is 14.2 Å². The molecule has 2 aromatic rings. The molecule has 0 saturated carbocycles. The lowest BCUT2D eigenvalue weighted by Crippen LogP contribution is -2.25. The number of benzene rings is 2. The van der Waals surface area contributed by atoms with Gasteiger partial charge in [0.15, 0.2) is 12.4 Å². The van der Waals surface area contributed by atoms with Crippen molar-refractivity contribution in [3.63, 3.8) is 0 Å². The van der Waals surface area contributed by atoms with E-state index in [1.807, 2.05) is 6.07 Å². The first-order valence-corrected chi connectivity index (χ1v) is 8.16. The van der Waals surface area contributed by atoms with E-state index in [9.17, 15) is 9.59 Å². The van der Waals surface area contributed by atoms with Crippen LogP contribution in [0.5, 0.6) is 11.5 Å². The summed E-state index contributed by atoms with van der Waals surface area (Å²) in [6.07, 6.45) is 3.19. The van der Waals surface area contributed by atoms with Crippen molar-refractivity contribution in [3.8, 4) is 11.5 Å². The Morgan fingerprint density at radius 3 is 2.77 bits per heavy atom. The van der Waals surface area contributed by atoms with Crippen molar-refractivity contribution in [2.75, 3.05) is 32.2 Å². The minimum atomic E-state index is -0.192. The van der Waals surface area contributed by atoms with Crippen LogP contribution in [0.3, 0.4) is 0 Å². The van der Waals surface area contributed by atoms with Gasteiger partial charge in [0.1, 0.15) is 18.1 Å². The van der Waals surface area contributed by atoms with Crippen molar-refractivity contribution in [1.29, 1.82) is 0 Å². The summed E-state index contributed by atoms with van der Waals surface area (Å²) in [5.74, 6) is 0.999. The first kappa shape index (κ1) is 17.7. The second-order valence-corrected chi connectivity index (χ2v) is 5.66. The Labute approximate surface area is 151 Å². The van der Waals surface area contributed by atoms with Gasteiger partial charge in [-0.1, -0.05) is 12.1 Å². The molecule has 1 aliphatic rings. The molecular weight excluding hydrogens is 334 g/mol. The fourth-order valence-electron chi connectivity index (χ4n) is 2.43. The van der Waals surface area contributed by atoms with Gasteiger partial charge in [-0.05, 0) is 48.0 Å². The largest absolute Gasteiger partial charge is 0.491 e.